The third-order valence-electron chi connectivity index (χ3n) is 6.15. The zero-order valence-electron chi connectivity index (χ0n) is 18.6. The van der Waals surface area contributed by atoms with E-state index in [4.69, 9.17) is 4.74 Å². The zero-order chi connectivity index (χ0) is 18.9. The summed E-state index contributed by atoms with van der Waals surface area (Å²) in [6.07, 6.45) is 23.4. The zero-order valence-corrected chi connectivity index (χ0v) is 18.6. The van der Waals surface area contributed by atoms with Crippen LogP contribution in [0.15, 0.2) is 0 Å². The minimum absolute atomic E-state index is 0.572. The second kappa shape index (κ2) is 15.9. The fourth-order valence-electron chi connectivity index (χ4n) is 4.21. The van der Waals surface area contributed by atoms with Crippen molar-refractivity contribution in [3.8, 4) is 0 Å². The van der Waals surface area contributed by atoms with Crippen LogP contribution in [-0.4, -0.2) is 43.9 Å². The first-order valence-corrected chi connectivity index (χ1v) is 12.2. The van der Waals surface area contributed by atoms with Crippen LogP contribution in [0.1, 0.15) is 117 Å². The molecule has 26 heavy (non-hydrogen) atoms. The van der Waals surface area contributed by atoms with Gasteiger partial charge in [-0.15, -0.1) is 0 Å². The van der Waals surface area contributed by atoms with E-state index in [1.54, 1.807) is 0 Å². The van der Waals surface area contributed by atoms with Crippen molar-refractivity contribution in [1.82, 2.24) is 0 Å². The van der Waals surface area contributed by atoms with Crippen molar-refractivity contribution >= 4 is 0 Å². The van der Waals surface area contributed by atoms with E-state index in [-0.39, 0.29) is 0 Å². The predicted octanol–water partition coefficient (Wildman–Crippen LogP) is 7.11. The van der Waals surface area contributed by atoms with Crippen molar-refractivity contribution in [2.45, 2.75) is 123 Å². The van der Waals surface area contributed by atoms with Crippen LogP contribution in [0.3, 0.4) is 0 Å². The molecule has 1 rings (SSSR count). The van der Waals surface area contributed by atoms with Gasteiger partial charge in [0.15, 0.2) is 0 Å². The molecule has 156 valence electrons. The average molecular weight is 369 g/mol. The molecule has 1 aliphatic heterocycles. The Kier molecular flexibility index (Phi) is 14.7. The van der Waals surface area contributed by atoms with Crippen LogP contribution in [0, 0.1) is 0 Å². The highest BCUT2D eigenvalue weighted by Crippen LogP contribution is 2.19. The summed E-state index contributed by atoms with van der Waals surface area (Å²) in [4.78, 5) is 0. The van der Waals surface area contributed by atoms with Gasteiger partial charge in [0.2, 0.25) is 0 Å². The number of nitrogens with zero attached hydrogens (tertiary/aromatic N) is 1. The largest absolute Gasteiger partial charge is 0.367 e. The maximum atomic E-state index is 5.55. The van der Waals surface area contributed by atoms with Gasteiger partial charge in [-0.3, -0.25) is 0 Å². The van der Waals surface area contributed by atoms with Crippen LogP contribution in [0.2, 0.25) is 0 Å². The molecule has 2 heteroatoms. The van der Waals surface area contributed by atoms with Crippen LogP contribution in [-0.2, 0) is 4.74 Å². The van der Waals surface area contributed by atoms with Gasteiger partial charge in [-0.05, 0) is 25.7 Å². The van der Waals surface area contributed by atoms with Crippen molar-refractivity contribution in [2.75, 3.05) is 33.3 Å². The van der Waals surface area contributed by atoms with E-state index in [2.05, 4.69) is 20.9 Å². The molecular weight excluding hydrogens is 318 g/mol. The number of rotatable bonds is 20. The Labute approximate surface area is 165 Å². The Bertz CT molecular complexity index is 281. The molecule has 0 aromatic carbocycles. The van der Waals surface area contributed by atoms with Gasteiger partial charge in [0.25, 0.3) is 0 Å². The Morgan fingerprint density at radius 1 is 0.615 bits per heavy atom. The van der Waals surface area contributed by atoms with Crippen molar-refractivity contribution in [3.63, 3.8) is 0 Å². The van der Waals surface area contributed by atoms with E-state index < -0.39 is 0 Å². The summed E-state index contributed by atoms with van der Waals surface area (Å²) < 4.78 is 6.81. The molecule has 1 heterocycles. The first-order chi connectivity index (χ1) is 12.7. The molecule has 1 unspecified atom stereocenters. The van der Waals surface area contributed by atoms with E-state index in [0.717, 1.165) is 6.61 Å². The maximum Gasteiger partial charge on any atom is 0.130 e. The molecule has 0 radical (unpaired) electrons. The minimum atomic E-state index is 0.572. The van der Waals surface area contributed by atoms with Crippen LogP contribution in [0.5, 0.6) is 0 Å². The molecular formula is C24H50NO+. The van der Waals surface area contributed by atoms with Gasteiger partial charge in [-0.1, -0.05) is 90.9 Å². The number of quaternary nitrogens is 1. The van der Waals surface area contributed by atoms with Crippen molar-refractivity contribution in [1.29, 1.82) is 0 Å². The summed E-state index contributed by atoms with van der Waals surface area (Å²) >= 11 is 0. The van der Waals surface area contributed by atoms with Gasteiger partial charge in [0.1, 0.15) is 12.6 Å². The van der Waals surface area contributed by atoms with E-state index in [0.29, 0.717) is 6.10 Å². The molecule has 0 N–H and O–H groups in total. The van der Waals surface area contributed by atoms with Gasteiger partial charge in [-0.25, -0.2) is 0 Å². The van der Waals surface area contributed by atoms with E-state index in [1.165, 1.54) is 127 Å². The van der Waals surface area contributed by atoms with Crippen LogP contribution < -0.4 is 0 Å². The molecule has 1 fully saturated rings. The van der Waals surface area contributed by atoms with Gasteiger partial charge in [0, 0.05) is 0 Å². The monoisotopic (exact) mass is 368 g/mol. The molecule has 0 amide bonds. The second-order valence-corrected chi connectivity index (χ2v) is 9.15. The van der Waals surface area contributed by atoms with Gasteiger partial charge in [0.05, 0.1) is 26.7 Å². The van der Waals surface area contributed by atoms with E-state index in [9.17, 15) is 0 Å². The third-order valence-corrected chi connectivity index (χ3v) is 6.15. The lowest BCUT2D eigenvalue weighted by molar-refractivity contribution is -0.910. The summed E-state index contributed by atoms with van der Waals surface area (Å²) in [7, 11) is 2.49. The molecule has 0 saturated carbocycles. The molecule has 0 aromatic heterocycles. The highest BCUT2D eigenvalue weighted by atomic mass is 16.6. The summed E-state index contributed by atoms with van der Waals surface area (Å²) in [5.41, 5.74) is 0. The SMILES string of the molecule is CCCCCCCCCC[N+](C)(CCCCCCCCCC)CC1CO1. The number of ether oxygens (including phenoxy) is 1. The van der Waals surface area contributed by atoms with Crippen LogP contribution >= 0.6 is 0 Å². The highest BCUT2D eigenvalue weighted by molar-refractivity contribution is 4.68. The minimum Gasteiger partial charge on any atom is -0.367 e. The first kappa shape index (κ1) is 24.0. The Morgan fingerprint density at radius 2 is 0.962 bits per heavy atom. The normalized spacial score (nSPS) is 17.0. The Balaban J connectivity index is 2.06. The number of hydrogen-bond donors (Lipinski definition) is 0. The number of likely N-dealkylation sites (N-methyl/N-ethyl adjacent to an activating group) is 1. The number of unbranched alkanes of at least 4 members (excludes halogenated alkanes) is 14. The number of hydrogen-bond acceptors (Lipinski definition) is 1. The van der Waals surface area contributed by atoms with Crippen LogP contribution in [0.4, 0.5) is 0 Å². The van der Waals surface area contributed by atoms with Gasteiger partial charge < -0.3 is 9.22 Å². The third kappa shape index (κ3) is 14.0. The smallest absolute Gasteiger partial charge is 0.130 e. The highest BCUT2D eigenvalue weighted by Gasteiger charge is 2.33. The molecule has 0 spiro atoms. The molecule has 1 saturated heterocycles. The molecule has 0 aromatic rings. The summed E-state index contributed by atoms with van der Waals surface area (Å²) in [6.45, 7) is 9.61. The van der Waals surface area contributed by atoms with Crippen molar-refractivity contribution < 1.29 is 9.22 Å². The standard InChI is InChI=1S/C24H50NO/c1-4-6-8-10-12-14-16-18-20-25(3,22-24-23-26-24)21-19-17-15-13-11-9-7-5-2/h24H,4-23H2,1-3H3/q+1. The van der Waals surface area contributed by atoms with Crippen LogP contribution in [0.25, 0.3) is 0 Å². The second-order valence-electron chi connectivity index (χ2n) is 9.15. The fraction of sp³-hybridized carbons (Fsp3) is 1.00. The topological polar surface area (TPSA) is 12.5 Å². The molecule has 1 aliphatic rings. The van der Waals surface area contributed by atoms with E-state index >= 15 is 0 Å². The predicted molar refractivity (Wildman–Crippen MR) is 116 cm³/mol. The molecule has 0 bridgehead atoms. The van der Waals surface area contributed by atoms with Gasteiger partial charge >= 0.3 is 0 Å². The first-order valence-electron chi connectivity index (χ1n) is 12.2. The fourth-order valence-corrected chi connectivity index (χ4v) is 4.21. The van der Waals surface area contributed by atoms with Crippen molar-refractivity contribution in [3.05, 3.63) is 0 Å². The summed E-state index contributed by atoms with van der Waals surface area (Å²) in [6, 6.07) is 0. The molecule has 2 nitrogen and oxygen atoms in total. The Hall–Kier alpha value is -0.0800. The Morgan fingerprint density at radius 3 is 1.31 bits per heavy atom. The lowest BCUT2D eigenvalue weighted by atomic mass is 10.1. The number of epoxide rings is 1. The summed E-state index contributed by atoms with van der Waals surface area (Å²) in [5.74, 6) is 0. The molecule has 0 aliphatic carbocycles. The van der Waals surface area contributed by atoms with Gasteiger partial charge in [-0.2, -0.15) is 0 Å². The van der Waals surface area contributed by atoms with Crippen molar-refractivity contribution in [2.24, 2.45) is 0 Å². The average Bonchev–Trinajstić information content (AvgIpc) is 3.43. The van der Waals surface area contributed by atoms with E-state index in [1.807, 2.05) is 0 Å². The maximum absolute atomic E-state index is 5.55. The lowest BCUT2D eigenvalue weighted by Gasteiger charge is -2.34. The quantitative estimate of drug-likeness (QED) is 0.127. The molecule has 1 atom stereocenters. The lowest BCUT2D eigenvalue weighted by Crippen LogP contribution is -2.48. The summed E-state index contributed by atoms with van der Waals surface area (Å²) in [5, 5.41) is 0.